The first-order chi connectivity index (χ1) is 13.2. The number of aromatic nitrogens is 1. The van der Waals surface area contributed by atoms with Crippen LogP contribution in [-0.4, -0.2) is 23.2 Å². The lowest BCUT2D eigenvalue weighted by Crippen LogP contribution is -2.26. The van der Waals surface area contributed by atoms with Gasteiger partial charge in [-0.25, -0.2) is 4.98 Å². The highest BCUT2D eigenvalue weighted by atomic mass is 32.1. The van der Waals surface area contributed by atoms with E-state index < -0.39 is 5.92 Å². The number of carbonyl (C=O) groups is 2. The molecule has 5 nitrogen and oxygen atoms in total. The summed E-state index contributed by atoms with van der Waals surface area (Å²) in [6, 6.07) is 19.4. The minimum absolute atomic E-state index is 0.0331. The van der Waals surface area contributed by atoms with Crippen LogP contribution in [0.5, 0.6) is 0 Å². The molecule has 0 saturated carbocycles. The number of nitriles is 1. The molecule has 6 heteroatoms. The fraction of sp³-hybridized carbons (Fsp3) is 0.238. The summed E-state index contributed by atoms with van der Waals surface area (Å²) < 4.78 is 0.944. The average Bonchev–Trinajstić information content (AvgIpc) is 3.11. The molecule has 1 heterocycles. The number of thiazole rings is 1. The van der Waals surface area contributed by atoms with Crippen molar-refractivity contribution in [3.8, 4) is 6.07 Å². The molecule has 1 amide bonds. The smallest absolute Gasteiger partial charge is 0.220 e. The monoisotopic (exact) mass is 377 g/mol. The molecule has 1 aromatic heterocycles. The number of fused-ring (bicyclic) bond motifs is 1. The van der Waals surface area contributed by atoms with Crippen molar-refractivity contribution < 1.29 is 9.59 Å². The van der Waals surface area contributed by atoms with E-state index in [-0.39, 0.29) is 24.5 Å². The molecule has 0 radical (unpaired) electrons. The lowest BCUT2D eigenvalue weighted by molar-refractivity contribution is -0.125. The van der Waals surface area contributed by atoms with Crippen LogP contribution in [0.15, 0.2) is 54.6 Å². The predicted molar refractivity (Wildman–Crippen MR) is 105 cm³/mol. The largest absolute Gasteiger partial charge is 0.356 e. The van der Waals surface area contributed by atoms with Crippen molar-refractivity contribution >= 4 is 33.2 Å². The zero-order valence-corrected chi connectivity index (χ0v) is 15.5. The minimum atomic E-state index is -0.917. The topological polar surface area (TPSA) is 82.8 Å². The second-order valence-electron chi connectivity index (χ2n) is 6.13. The van der Waals surface area contributed by atoms with Gasteiger partial charge in [0, 0.05) is 19.4 Å². The van der Waals surface area contributed by atoms with Gasteiger partial charge in [-0.3, -0.25) is 9.59 Å². The Balaban J connectivity index is 1.49. The van der Waals surface area contributed by atoms with E-state index in [9.17, 15) is 14.9 Å². The SMILES string of the molecule is N#C[C@H](C(=O)CCC(=O)NCCc1ccccc1)c1nc2ccccc2s1. The molecule has 3 rings (SSSR count). The number of hydrogen-bond acceptors (Lipinski definition) is 5. The summed E-state index contributed by atoms with van der Waals surface area (Å²) in [5, 5.41) is 12.7. The van der Waals surface area contributed by atoms with Crippen LogP contribution in [0.4, 0.5) is 0 Å². The first-order valence-electron chi connectivity index (χ1n) is 8.76. The third-order valence-corrected chi connectivity index (χ3v) is 5.29. The van der Waals surface area contributed by atoms with Crippen molar-refractivity contribution in [1.29, 1.82) is 5.26 Å². The van der Waals surface area contributed by atoms with E-state index in [4.69, 9.17) is 0 Å². The van der Waals surface area contributed by atoms with E-state index >= 15 is 0 Å². The number of Topliss-reactive ketones (excluding diaryl/α,β-unsaturated/α-hetero) is 1. The van der Waals surface area contributed by atoms with Crippen molar-refractivity contribution in [2.75, 3.05) is 6.54 Å². The highest BCUT2D eigenvalue weighted by Gasteiger charge is 2.24. The molecule has 3 aromatic rings. The van der Waals surface area contributed by atoms with Crippen LogP contribution in [0.1, 0.15) is 29.3 Å². The zero-order valence-electron chi connectivity index (χ0n) is 14.7. The number of para-hydroxylation sites is 1. The quantitative estimate of drug-likeness (QED) is 0.650. The normalized spacial score (nSPS) is 11.7. The van der Waals surface area contributed by atoms with Gasteiger partial charge >= 0.3 is 0 Å². The Morgan fingerprint density at radius 2 is 1.81 bits per heavy atom. The molecule has 136 valence electrons. The fourth-order valence-electron chi connectivity index (χ4n) is 2.74. The summed E-state index contributed by atoms with van der Waals surface area (Å²) >= 11 is 1.35. The maximum Gasteiger partial charge on any atom is 0.220 e. The third-order valence-electron chi connectivity index (χ3n) is 4.19. The van der Waals surface area contributed by atoms with Crippen LogP contribution in [0, 0.1) is 11.3 Å². The van der Waals surface area contributed by atoms with Crippen LogP contribution in [-0.2, 0) is 16.0 Å². The Bertz CT molecular complexity index is 943. The Kier molecular flexibility index (Phi) is 6.29. The van der Waals surface area contributed by atoms with Gasteiger partial charge in [-0.2, -0.15) is 5.26 Å². The fourth-order valence-corrected chi connectivity index (χ4v) is 3.78. The Hall–Kier alpha value is -3.04. The molecule has 0 aliphatic heterocycles. The number of hydrogen-bond donors (Lipinski definition) is 1. The molecule has 1 atom stereocenters. The summed E-state index contributed by atoms with van der Waals surface area (Å²) in [5.74, 6) is -1.37. The Morgan fingerprint density at radius 1 is 1.07 bits per heavy atom. The van der Waals surface area contributed by atoms with E-state index in [1.807, 2.05) is 60.7 Å². The van der Waals surface area contributed by atoms with Gasteiger partial charge in [0.2, 0.25) is 5.91 Å². The van der Waals surface area contributed by atoms with Gasteiger partial charge in [-0.1, -0.05) is 42.5 Å². The van der Waals surface area contributed by atoms with Gasteiger partial charge in [-0.15, -0.1) is 11.3 Å². The summed E-state index contributed by atoms with van der Waals surface area (Å²) in [7, 11) is 0. The summed E-state index contributed by atoms with van der Waals surface area (Å²) in [6.45, 7) is 0.524. The number of nitrogens with zero attached hydrogens (tertiary/aromatic N) is 2. The van der Waals surface area contributed by atoms with E-state index in [1.54, 1.807) is 0 Å². The molecule has 0 bridgehead atoms. The molecule has 0 unspecified atom stereocenters. The Morgan fingerprint density at radius 3 is 2.56 bits per heavy atom. The Labute approximate surface area is 161 Å². The van der Waals surface area contributed by atoms with Crippen LogP contribution >= 0.6 is 11.3 Å². The highest BCUT2D eigenvalue weighted by Crippen LogP contribution is 2.28. The predicted octanol–water partition coefficient (Wildman–Crippen LogP) is 3.61. The molecule has 2 aromatic carbocycles. The minimum Gasteiger partial charge on any atom is -0.356 e. The molecular formula is C21H19N3O2S. The second kappa shape index (κ2) is 9.06. The molecule has 0 aliphatic carbocycles. The molecule has 1 N–H and O–H groups in total. The summed E-state index contributed by atoms with van der Waals surface area (Å²) in [6.07, 6.45) is 0.856. The lowest BCUT2D eigenvalue weighted by Gasteiger charge is -2.07. The summed E-state index contributed by atoms with van der Waals surface area (Å²) in [5.41, 5.74) is 1.93. The van der Waals surface area contributed by atoms with Gasteiger partial charge in [0.05, 0.1) is 16.3 Å². The molecule has 27 heavy (non-hydrogen) atoms. The maximum absolute atomic E-state index is 12.4. The van der Waals surface area contributed by atoms with Crippen molar-refractivity contribution in [1.82, 2.24) is 10.3 Å². The van der Waals surface area contributed by atoms with Crippen molar-refractivity contribution in [2.24, 2.45) is 0 Å². The maximum atomic E-state index is 12.4. The van der Waals surface area contributed by atoms with Gasteiger partial charge in [0.15, 0.2) is 11.7 Å². The molecular weight excluding hydrogens is 358 g/mol. The standard InChI is InChI=1S/C21H19N3O2S/c22-14-16(21-24-17-8-4-5-9-19(17)27-21)18(25)10-11-20(26)23-13-12-15-6-2-1-3-7-15/h1-9,16H,10-13H2,(H,23,26)/t16-/m1/s1. The van der Waals surface area contributed by atoms with Gasteiger partial charge in [0.25, 0.3) is 0 Å². The number of carbonyl (C=O) groups excluding carboxylic acids is 2. The molecule has 0 spiro atoms. The first-order valence-corrected chi connectivity index (χ1v) is 9.57. The number of amides is 1. The number of rotatable bonds is 8. The van der Waals surface area contributed by atoms with E-state index in [1.165, 1.54) is 11.3 Å². The highest BCUT2D eigenvalue weighted by molar-refractivity contribution is 7.18. The molecule has 0 aliphatic rings. The zero-order chi connectivity index (χ0) is 19.1. The van der Waals surface area contributed by atoms with Crippen molar-refractivity contribution in [3.63, 3.8) is 0 Å². The van der Waals surface area contributed by atoms with Crippen LogP contribution in [0.2, 0.25) is 0 Å². The third kappa shape index (κ3) is 4.99. The lowest BCUT2D eigenvalue weighted by atomic mass is 10.0. The number of nitrogens with one attached hydrogen (secondary N) is 1. The second-order valence-corrected chi connectivity index (χ2v) is 7.20. The van der Waals surface area contributed by atoms with Crippen molar-refractivity contribution in [3.05, 3.63) is 65.2 Å². The first kappa shape index (κ1) is 18.7. The van der Waals surface area contributed by atoms with Gasteiger partial charge < -0.3 is 5.32 Å². The number of benzene rings is 2. The van der Waals surface area contributed by atoms with E-state index in [0.717, 1.165) is 22.2 Å². The van der Waals surface area contributed by atoms with E-state index in [2.05, 4.69) is 10.3 Å². The van der Waals surface area contributed by atoms with Crippen LogP contribution < -0.4 is 5.32 Å². The molecule has 0 saturated heterocycles. The average molecular weight is 377 g/mol. The van der Waals surface area contributed by atoms with Crippen LogP contribution in [0.3, 0.4) is 0 Å². The van der Waals surface area contributed by atoms with Crippen molar-refractivity contribution in [2.45, 2.75) is 25.2 Å². The van der Waals surface area contributed by atoms with Gasteiger partial charge in [-0.05, 0) is 24.1 Å². The van der Waals surface area contributed by atoms with Gasteiger partial charge in [0.1, 0.15) is 5.01 Å². The van der Waals surface area contributed by atoms with Crippen LogP contribution in [0.25, 0.3) is 10.2 Å². The molecule has 0 fully saturated rings. The summed E-state index contributed by atoms with van der Waals surface area (Å²) in [4.78, 5) is 28.8. The number of ketones is 1. The van der Waals surface area contributed by atoms with E-state index in [0.29, 0.717) is 11.6 Å².